The lowest BCUT2D eigenvalue weighted by atomic mass is 9.79. The van der Waals surface area contributed by atoms with Crippen molar-refractivity contribution in [3.63, 3.8) is 0 Å². The molecule has 0 radical (unpaired) electrons. The molecule has 1 aliphatic rings. The molecule has 106 valence electrons. The maximum atomic E-state index is 12.9. The van der Waals surface area contributed by atoms with E-state index in [4.69, 9.17) is 0 Å². The van der Waals surface area contributed by atoms with Crippen LogP contribution in [-0.2, 0) is 0 Å². The average molecular weight is 270 g/mol. The molecule has 2 aromatic rings. The van der Waals surface area contributed by atoms with Gasteiger partial charge in [-0.1, -0.05) is 56.2 Å². The summed E-state index contributed by atoms with van der Waals surface area (Å²) in [4.78, 5) is 0. The Balaban J connectivity index is 0.00000161. The van der Waals surface area contributed by atoms with Crippen LogP contribution in [0.5, 0.6) is 0 Å². The predicted octanol–water partition coefficient (Wildman–Crippen LogP) is 6.03. The topological polar surface area (TPSA) is 0 Å². The first-order chi connectivity index (χ1) is 9.72. The van der Waals surface area contributed by atoms with E-state index in [1.807, 2.05) is 12.1 Å². The Morgan fingerprint density at radius 2 is 1.30 bits per heavy atom. The van der Waals surface area contributed by atoms with Gasteiger partial charge in [0, 0.05) is 1.43 Å². The zero-order chi connectivity index (χ0) is 13.9. The van der Waals surface area contributed by atoms with Gasteiger partial charge in [-0.25, -0.2) is 4.39 Å². The molecule has 0 unspecified atom stereocenters. The van der Waals surface area contributed by atoms with Crippen molar-refractivity contribution in [1.82, 2.24) is 0 Å². The zero-order valence-corrected chi connectivity index (χ0v) is 12.0. The highest BCUT2D eigenvalue weighted by molar-refractivity contribution is 5.63. The van der Waals surface area contributed by atoms with Gasteiger partial charge >= 0.3 is 0 Å². The van der Waals surface area contributed by atoms with Crippen molar-refractivity contribution in [2.75, 3.05) is 0 Å². The maximum absolute atomic E-state index is 12.9. The molecule has 0 heterocycles. The predicted molar refractivity (Wildman–Crippen MR) is 84.3 cm³/mol. The third-order valence-electron chi connectivity index (χ3n) is 4.58. The minimum absolute atomic E-state index is 0. The van der Waals surface area contributed by atoms with Gasteiger partial charge in [-0.3, -0.25) is 0 Å². The number of rotatable bonds is 2. The van der Waals surface area contributed by atoms with Crippen LogP contribution in [-0.4, -0.2) is 0 Å². The molecule has 0 bridgehead atoms. The molecule has 1 heteroatoms. The molecule has 2 aromatic carbocycles. The zero-order valence-electron chi connectivity index (χ0n) is 12.0. The first-order valence-corrected chi connectivity index (χ1v) is 7.58. The van der Waals surface area contributed by atoms with Gasteiger partial charge in [0.25, 0.3) is 0 Å². The molecule has 0 nitrogen and oxygen atoms in total. The summed E-state index contributed by atoms with van der Waals surface area (Å²) in [5, 5.41) is 0. The molecular weight excluding hydrogens is 247 g/mol. The lowest BCUT2D eigenvalue weighted by molar-refractivity contribution is 0.348. The number of benzene rings is 2. The van der Waals surface area contributed by atoms with Gasteiger partial charge in [0.15, 0.2) is 0 Å². The summed E-state index contributed by atoms with van der Waals surface area (Å²) in [6.07, 6.45) is 5.34. The van der Waals surface area contributed by atoms with E-state index in [1.54, 1.807) is 0 Å². The van der Waals surface area contributed by atoms with Crippen LogP contribution in [0.2, 0.25) is 0 Å². The molecule has 0 aromatic heterocycles. The Morgan fingerprint density at radius 3 is 1.85 bits per heavy atom. The fraction of sp³-hybridized carbons (Fsp3) is 0.368. The van der Waals surface area contributed by atoms with E-state index in [-0.39, 0.29) is 7.24 Å². The van der Waals surface area contributed by atoms with Crippen LogP contribution >= 0.6 is 0 Å². The van der Waals surface area contributed by atoms with Crippen LogP contribution in [0.1, 0.15) is 45.5 Å². The van der Waals surface area contributed by atoms with Gasteiger partial charge in [0.1, 0.15) is 5.82 Å². The van der Waals surface area contributed by atoms with Crippen molar-refractivity contribution in [2.24, 2.45) is 5.92 Å². The Bertz CT molecular complexity index is 551. The van der Waals surface area contributed by atoms with Crippen molar-refractivity contribution in [1.29, 1.82) is 0 Å². The van der Waals surface area contributed by atoms with Crippen molar-refractivity contribution in [3.8, 4) is 11.1 Å². The van der Waals surface area contributed by atoms with E-state index in [1.165, 1.54) is 43.4 Å². The van der Waals surface area contributed by atoms with Gasteiger partial charge in [-0.2, -0.15) is 0 Å². The van der Waals surface area contributed by atoms with E-state index in [2.05, 4.69) is 31.2 Å². The largest absolute Gasteiger partial charge is 0.207 e. The van der Waals surface area contributed by atoms with E-state index >= 15 is 0 Å². The highest BCUT2D eigenvalue weighted by Gasteiger charge is 2.19. The number of hydrogen-bond acceptors (Lipinski definition) is 0. The van der Waals surface area contributed by atoms with Crippen molar-refractivity contribution in [2.45, 2.75) is 38.5 Å². The van der Waals surface area contributed by atoms with Crippen LogP contribution in [0.4, 0.5) is 4.39 Å². The summed E-state index contributed by atoms with van der Waals surface area (Å²) in [6.45, 7) is 2.36. The molecule has 1 fully saturated rings. The minimum atomic E-state index is -0.179. The van der Waals surface area contributed by atoms with E-state index in [0.717, 1.165) is 23.0 Å². The molecule has 1 saturated carbocycles. The fourth-order valence-electron chi connectivity index (χ4n) is 3.18. The molecular formula is C19H23F. The standard InChI is InChI=1S/C19H21F.H2/c1-14-2-4-15(5-3-14)16-6-8-17(9-7-16)18-10-12-19(20)13-11-18;/h6-15H,2-5H2,1H3;1H. The quantitative estimate of drug-likeness (QED) is 0.624. The lowest BCUT2D eigenvalue weighted by Crippen LogP contribution is -2.10. The Morgan fingerprint density at radius 1 is 0.800 bits per heavy atom. The monoisotopic (exact) mass is 270 g/mol. The SMILES string of the molecule is CC1CCC(c2ccc(-c3ccc(F)cc3)cc2)CC1.[HH]. The smallest absolute Gasteiger partial charge is 0.123 e. The van der Waals surface area contributed by atoms with E-state index in [9.17, 15) is 4.39 Å². The number of halogens is 1. The Kier molecular flexibility index (Phi) is 3.86. The second-order valence-corrected chi connectivity index (χ2v) is 6.09. The normalized spacial score (nSPS) is 22.7. The minimum Gasteiger partial charge on any atom is -0.207 e. The van der Waals surface area contributed by atoms with Gasteiger partial charge < -0.3 is 0 Å². The third kappa shape index (κ3) is 2.92. The maximum Gasteiger partial charge on any atom is 0.123 e. The van der Waals surface area contributed by atoms with Crippen LogP contribution in [0.3, 0.4) is 0 Å². The summed E-state index contributed by atoms with van der Waals surface area (Å²) in [7, 11) is 0. The summed E-state index contributed by atoms with van der Waals surface area (Å²) in [5.74, 6) is 1.44. The van der Waals surface area contributed by atoms with Gasteiger partial charge in [0.05, 0.1) is 0 Å². The van der Waals surface area contributed by atoms with Crippen LogP contribution < -0.4 is 0 Å². The molecule has 0 aliphatic heterocycles. The van der Waals surface area contributed by atoms with Crippen molar-refractivity contribution in [3.05, 3.63) is 59.9 Å². The fourth-order valence-corrected chi connectivity index (χ4v) is 3.18. The first kappa shape index (κ1) is 13.4. The van der Waals surface area contributed by atoms with Crippen LogP contribution in [0, 0.1) is 11.7 Å². The summed E-state index contributed by atoms with van der Waals surface area (Å²) in [5.41, 5.74) is 3.70. The van der Waals surface area contributed by atoms with Gasteiger partial charge in [-0.05, 0) is 53.5 Å². The average Bonchev–Trinajstić information content (AvgIpc) is 2.49. The first-order valence-electron chi connectivity index (χ1n) is 7.58. The highest BCUT2D eigenvalue weighted by Crippen LogP contribution is 2.36. The van der Waals surface area contributed by atoms with Crippen LogP contribution in [0.25, 0.3) is 11.1 Å². The second kappa shape index (κ2) is 5.78. The molecule has 3 rings (SSSR count). The van der Waals surface area contributed by atoms with E-state index in [0.29, 0.717) is 0 Å². The van der Waals surface area contributed by atoms with Gasteiger partial charge in [-0.15, -0.1) is 0 Å². The summed E-state index contributed by atoms with van der Waals surface area (Å²) >= 11 is 0. The molecule has 0 N–H and O–H groups in total. The summed E-state index contributed by atoms with van der Waals surface area (Å²) < 4.78 is 12.9. The van der Waals surface area contributed by atoms with Crippen LogP contribution in [0.15, 0.2) is 48.5 Å². The molecule has 0 spiro atoms. The second-order valence-electron chi connectivity index (χ2n) is 6.09. The lowest BCUT2D eigenvalue weighted by Gasteiger charge is -2.26. The molecule has 0 amide bonds. The Hall–Kier alpha value is -1.63. The van der Waals surface area contributed by atoms with E-state index < -0.39 is 0 Å². The molecule has 20 heavy (non-hydrogen) atoms. The molecule has 0 saturated heterocycles. The summed E-state index contributed by atoms with van der Waals surface area (Å²) in [6, 6.07) is 15.6. The van der Waals surface area contributed by atoms with Crippen molar-refractivity contribution >= 4 is 0 Å². The molecule has 1 aliphatic carbocycles. The molecule has 0 atom stereocenters. The Labute approximate surface area is 122 Å². The number of hydrogen-bond donors (Lipinski definition) is 0. The highest BCUT2D eigenvalue weighted by atomic mass is 19.1. The third-order valence-corrected chi connectivity index (χ3v) is 4.58. The van der Waals surface area contributed by atoms with Crippen molar-refractivity contribution < 1.29 is 5.82 Å². The van der Waals surface area contributed by atoms with Gasteiger partial charge in [0.2, 0.25) is 0 Å².